The standard InChI is InChI=1S/C22H19ClN2O6/c23-15-7-3-14(4-8-15)20(26)18-19(13-5-9-16(10-6-13)25(29)30)24(22(28)21(18)27)12-17-2-1-11-31-17/h3-10,17,19,26H,1-2,11-12H2/b20-18+/t17-,19+/m1/s1. The largest absolute Gasteiger partial charge is 0.507 e. The van der Waals surface area contributed by atoms with Crippen LogP contribution in [0.2, 0.25) is 5.02 Å². The van der Waals surface area contributed by atoms with E-state index in [4.69, 9.17) is 16.3 Å². The number of ketones is 1. The third kappa shape index (κ3) is 4.04. The van der Waals surface area contributed by atoms with Crippen molar-refractivity contribution in [3.05, 3.63) is 80.4 Å². The second kappa shape index (κ2) is 8.49. The van der Waals surface area contributed by atoms with Crippen LogP contribution in [-0.4, -0.2) is 45.9 Å². The molecular formula is C22H19ClN2O6. The molecule has 0 bridgehead atoms. The first-order valence-electron chi connectivity index (χ1n) is 9.77. The Bertz CT molecular complexity index is 1060. The van der Waals surface area contributed by atoms with Gasteiger partial charge in [-0.15, -0.1) is 0 Å². The summed E-state index contributed by atoms with van der Waals surface area (Å²) < 4.78 is 5.64. The third-order valence-corrected chi connectivity index (χ3v) is 5.75. The maximum absolute atomic E-state index is 12.9. The van der Waals surface area contributed by atoms with Gasteiger partial charge in [0.15, 0.2) is 0 Å². The fraction of sp³-hybridized carbons (Fsp3) is 0.273. The summed E-state index contributed by atoms with van der Waals surface area (Å²) in [5.74, 6) is -1.88. The normalized spacial score (nSPS) is 22.8. The minimum Gasteiger partial charge on any atom is -0.507 e. The number of carbonyl (C=O) groups is 2. The Kier molecular flexibility index (Phi) is 5.75. The predicted octanol–water partition coefficient (Wildman–Crippen LogP) is 3.85. The highest BCUT2D eigenvalue weighted by Gasteiger charge is 2.47. The van der Waals surface area contributed by atoms with Crippen molar-refractivity contribution in [3.63, 3.8) is 0 Å². The van der Waals surface area contributed by atoms with E-state index in [0.717, 1.165) is 12.8 Å². The summed E-state index contributed by atoms with van der Waals surface area (Å²) in [6.07, 6.45) is 1.41. The quantitative estimate of drug-likeness (QED) is 0.247. The van der Waals surface area contributed by atoms with Crippen molar-refractivity contribution in [2.45, 2.75) is 25.0 Å². The SMILES string of the molecule is O=C1C(=O)N(C[C@H]2CCCO2)[C@@H](c2ccc([N+](=O)[O-])cc2)/C1=C(\O)c1ccc(Cl)cc1. The molecule has 0 unspecified atom stereocenters. The Hall–Kier alpha value is -3.23. The molecule has 2 heterocycles. The summed E-state index contributed by atoms with van der Waals surface area (Å²) in [7, 11) is 0. The van der Waals surface area contributed by atoms with Crippen molar-refractivity contribution in [3.8, 4) is 0 Å². The first kappa shape index (κ1) is 21.0. The number of rotatable bonds is 5. The van der Waals surface area contributed by atoms with Crippen molar-refractivity contribution in [1.82, 2.24) is 4.90 Å². The van der Waals surface area contributed by atoms with E-state index in [2.05, 4.69) is 0 Å². The molecule has 2 saturated heterocycles. The molecule has 0 saturated carbocycles. The summed E-state index contributed by atoms with van der Waals surface area (Å²) in [6.45, 7) is 0.769. The number of carbonyl (C=O) groups excluding carboxylic acids is 2. The first-order valence-corrected chi connectivity index (χ1v) is 10.1. The lowest BCUT2D eigenvalue weighted by atomic mass is 9.95. The molecule has 0 spiro atoms. The van der Waals surface area contributed by atoms with Gasteiger partial charge in [0.25, 0.3) is 17.4 Å². The van der Waals surface area contributed by atoms with Crippen LogP contribution in [0.3, 0.4) is 0 Å². The summed E-state index contributed by atoms with van der Waals surface area (Å²) in [4.78, 5) is 37.7. The molecule has 2 aliphatic heterocycles. The number of amides is 1. The Balaban J connectivity index is 1.81. The van der Waals surface area contributed by atoms with Gasteiger partial charge in [-0.2, -0.15) is 0 Å². The van der Waals surface area contributed by atoms with E-state index >= 15 is 0 Å². The van der Waals surface area contributed by atoms with Gasteiger partial charge in [0.05, 0.1) is 22.6 Å². The Labute approximate surface area is 182 Å². The van der Waals surface area contributed by atoms with Gasteiger partial charge in [-0.3, -0.25) is 19.7 Å². The number of aliphatic hydroxyl groups is 1. The Morgan fingerprint density at radius 2 is 1.84 bits per heavy atom. The molecule has 160 valence electrons. The second-order valence-electron chi connectivity index (χ2n) is 7.44. The lowest BCUT2D eigenvalue weighted by molar-refractivity contribution is -0.384. The van der Waals surface area contributed by atoms with Crippen molar-refractivity contribution >= 4 is 34.7 Å². The second-order valence-corrected chi connectivity index (χ2v) is 7.88. The molecule has 2 atom stereocenters. The molecule has 0 aromatic heterocycles. The average molecular weight is 443 g/mol. The molecular weight excluding hydrogens is 424 g/mol. The minimum absolute atomic E-state index is 0.0702. The van der Waals surface area contributed by atoms with Gasteiger partial charge in [-0.25, -0.2) is 0 Å². The number of aliphatic hydroxyl groups excluding tert-OH is 1. The van der Waals surface area contributed by atoms with Crippen LogP contribution < -0.4 is 0 Å². The number of halogens is 1. The number of likely N-dealkylation sites (tertiary alicyclic amines) is 1. The molecule has 2 fully saturated rings. The van der Waals surface area contributed by atoms with Crippen LogP contribution in [0.15, 0.2) is 54.1 Å². The lowest BCUT2D eigenvalue weighted by Crippen LogP contribution is -2.36. The van der Waals surface area contributed by atoms with Crippen LogP contribution in [-0.2, 0) is 14.3 Å². The molecule has 2 aliphatic rings. The fourth-order valence-electron chi connectivity index (χ4n) is 3.96. The fourth-order valence-corrected chi connectivity index (χ4v) is 4.09. The van der Waals surface area contributed by atoms with Crippen LogP contribution in [0, 0.1) is 10.1 Å². The van der Waals surface area contributed by atoms with Crippen molar-refractivity contribution in [1.29, 1.82) is 0 Å². The number of hydrogen-bond donors (Lipinski definition) is 1. The zero-order valence-electron chi connectivity index (χ0n) is 16.4. The maximum atomic E-state index is 12.9. The highest BCUT2D eigenvalue weighted by molar-refractivity contribution is 6.46. The maximum Gasteiger partial charge on any atom is 0.295 e. The number of hydrogen-bond acceptors (Lipinski definition) is 6. The van der Waals surface area contributed by atoms with Crippen LogP contribution in [0.1, 0.15) is 30.0 Å². The average Bonchev–Trinajstić information content (AvgIpc) is 3.36. The smallest absolute Gasteiger partial charge is 0.295 e. The molecule has 2 aromatic rings. The molecule has 9 heteroatoms. The van der Waals surface area contributed by atoms with E-state index in [-0.39, 0.29) is 29.7 Å². The molecule has 2 aromatic carbocycles. The number of ether oxygens (including phenoxy) is 1. The van der Waals surface area contributed by atoms with Crippen molar-refractivity contribution < 1.29 is 24.4 Å². The number of nitro benzene ring substituents is 1. The zero-order chi connectivity index (χ0) is 22.1. The highest BCUT2D eigenvalue weighted by atomic mass is 35.5. The number of nitrogens with zero attached hydrogens (tertiary/aromatic N) is 2. The van der Waals surface area contributed by atoms with Crippen LogP contribution in [0.5, 0.6) is 0 Å². The van der Waals surface area contributed by atoms with Crippen LogP contribution >= 0.6 is 11.6 Å². The van der Waals surface area contributed by atoms with Gasteiger partial charge < -0.3 is 14.7 Å². The molecule has 8 nitrogen and oxygen atoms in total. The summed E-state index contributed by atoms with van der Waals surface area (Å²) in [6, 6.07) is 11.0. The number of nitro groups is 1. The summed E-state index contributed by atoms with van der Waals surface area (Å²) >= 11 is 5.92. The Morgan fingerprint density at radius 3 is 2.42 bits per heavy atom. The van der Waals surface area contributed by atoms with Crippen molar-refractivity contribution in [2.75, 3.05) is 13.2 Å². The van der Waals surface area contributed by atoms with Gasteiger partial charge in [-0.1, -0.05) is 11.6 Å². The van der Waals surface area contributed by atoms with E-state index in [1.807, 2.05) is 0 Å². The van der Waals surface area contributed by atoms with E-state index in [1.165, 1.54) is 29.2 Å². The molecule has 1 amide bonds. The summed E-state index contributed by atoms with van der Waals surface area (Å²) in [5.41, 5.74) is 0.640. The van der Waals surface area contributed by atoms with Crippen LogP contribution in [0.4, 0.5) is 5.69 Å². The van der Waals surface area contributed by atoms with E-state index in [0.29, 0.717) is 22.8 Å². The number of benzene rings is 2. The zero-order valence-corrected chi connectivity index (χ0v) is 17.1. The minimum atomic E-state index is -0.888. The van der Waals surface area contributed by atoms with Crippen molar-refractivity contribution in [2.24, 2.45) is 0 Å². The monoisotopic (exact) mass is 442 g/mol. The molecule has 0 radical (unpaired) electrons. The molecule has 0 aliphatic carbocycles. The Morgan fingerprint density at radius 1 is 1.16 bits per heavy atom. The van der Waals surface area contributed by atoms with Gasteiger partial charge in [-0.05, 0) is 54.8 Å². The van der Waals surface area contributed by atoms with E-state index in [1.54, 1.807) is 24.3 Å². The van der Waals surface area contributed by atoms with Crippen LogP contribution in [0.25, 0.3) is 5.76 Å². The van der Waals surface area contributed by atoms with E-state index < -0.39 is 22.7 Å². The lowest BCUT2D eigenvalue weighted by Gasteiger charge is -2.27. The highest BCUT2D eigenvalue weighted by Crippen LogP contribution is 2.40. The van der Waals surface area contributed by atoms with E-state index in [9.17, 15) is 24.8 Å². The summed E-state index contributed by atoms with van der Waals surface area (Å²) in [5, 5.41) is 22.4. The van der Waals surface area contributed by atoms with Gasteiger partial charge in [0.2, 0.25) is 0 Å². The van der Waals surface area contributed by atoms with Gasteiger partial charge in [0.1, 0.15) is 5.76 Å². The number of Topliss-reactive ketones (excluding diaryl/α,β-unsaturated/α-hetero) is 1. The predicted molar refractivity (Wildman–Crippen MR) is 113 cm³/mol. The topological polar surface area (TPSA) is 110 Å². The molecule has 1 N–H and O–H groups in total. The van der Waals surface area contributed by atoms with Gasteiger partial charge >= 0.3 is 0 Å². The third-order valence-electron chi connectivity index (χ3n) is 5.50. The number of non-ortho nitro benzene ring substituents is 1. The molecule has 31 heavy (non-hydrogen) atoms. The van der Waals surface area contributed by atoms with Gasteiger partial charge in [0, 0.05) is 35.9 Å². The molecule has 4 rings (SSSR count). The first-order chi connectivity index (χ1) is 14.9.